The summed E-state index contributed by atoms with van der Waals surface area (Å²) in [5, 5.41) is 11.6. The number of aliphatic hydroxyl groups excluding tert-OH is 1. The molecule has 4 aliphatic rings. The van der Waals surface area contributed by atoms with Crippen LogP contribution in [0.3, 0.4) is 0 Å². The monoisotopic (exact) mass is 855 g/mol. The van der Waals surface area contributed by atoms with E-state index in [-0.39, 0.29) is 49.6 Å². The van der Waals surface area contributed by atoms with Gasteiger partial charge in [0.25, 0.3) is 0 Å². The molecule has 4 rings (SSSR count). The molecule has 0 saturated carbocycles. The van der Waals surface area contributed by atoms with Crippen LogP contribution in [-0.2, 0) is 66.4 Å². The van der Waals surface area contributed by atoms with Gasteiger partial charge in [-0.05, 0) is 31.3 Å². The molecule has 0 aromatic heterocycles. The van der Waals surface area contributed by atoms with Gasteiger partial charge in [-0.15, -0.1) is 0 Å². The molecule has 4 fully saturated rings. The van der Waals surface area contributed by atoms with Crippen LogP contribution in [0.25, 0.3) is 0 Å². The number of carbonyl (C=O) groups excluding carboxylic acids is 2. The summed E-state index contributed by atoms with van der Waals surface area (Å²) in [6.07, 6.45) is 1.66. The minimum Gasteiger partial charge on any atom is -0.457 e. The first-order valence-electron chi connectivity index (χ1n) is 21.4. The van der Waals surface area contributed by atoms with Gasteiger partial charge in [-0.3, -0.25) is 9.59 Å². The number of hydrogen-bond donors (Lipinski definition) is 1. The van der Waals surface area contributed by atoms with Gasteiger partial charge in [0.1, 0.15) is 48.8 Å². The van der Waals surface area contributed by atoms with Crippen LogP contribution < -0.4 is 0 Å². The van der Waals surface area contributed by atoms with Crippen LogP contribution in [0.1, 0.15) is 74.1 Å². The van der Waals surface area contributed by atoms with Crippen molar-refractivity contribution in [3.8, 4) is 0 Å². The first-order valence-corrected chi connectivity index (χ1v) is 21.4. The number of ketones is 1. The highest BCUT2D eigenvalue weighted by atomic mass is 16.8. The molecule has 60 heavy (non-hydrogen) atoms. The molecular weight excluding hydrogens is 780 g/mol. The molecule has 0 aromatic carbocycles. The number of fused-ring (bicyclic) bond motifs is 2. The molecule has 4 aliphatic heterocycles. The van der Waals surface area contributed by atoms with Crippen molar-refractivity contribution in [1.29, 1.82) is 0 Å². The second-order valence-electron chi connectivity index (χ2n) is 17.5. The van der Waals surface area contributed by atoms with Crippen LogP contribution >= 0.6 is 0 Å². The number of methoxy groups -OCH3 is 6. The van der Waals surface area contributed by atoms with Crippen molar-refractivity contribution in [2.24, 2.45) is 23.2 Å². The average Bonchev–Trinajstić information content (AvgIpc) is 3.19. The van der Waals surface area contributed by atoms with Crippen molar-refractivity contribution in [3.63, 3.8) is 0 Å². The number of hydrogen-bond acceptors (Lipinski definition) is 15. The molecule has 0 radical (unpaired) electrons. The largest absolute Gasteiger partial charge is 0.457 e. The smallest absolute Gasteiger partial charge is 0.309 e. The topological polar surface area (TPSA) is 165 Å². The summed E-state index contributed by atoms with van der Waals surface area (Å²) in [5.41, 5.74) is -0.924. The van der Waals surface area contributed by atoms with E-state index in [1.165, 1.54) is 7.11 Å². The predicted molar refractivity (Wildman–Crippen MR) is 221 cm³/mol. The van der Waals surface area contributed by atoms with Crippen molar-refractivity contribution in [2.45, 2.75) is 166 Å². The number of Topliss-reactive ketones (excluding diaryl/α,β-unsaturated/α-hetero) is 1. The molecule has 4 heterocycles. The maximum atomic E-state index is 14.0. The van der Waals surface area contributed by atoms with Crippen LogP contribution in [0.5, 0.6) is 0 Å². The van der Waals surface area contributed by atoms with Crippen molar-refractivity contribution in [2.75, 3.05) is 49.3 Å². The minimum absolute atomic E-state index is 0.0128. The van der Waals surface area contributed by atoms with Crippen LogP contribution in [0.2, 0.25) is 0 Å². The van der Waals surface area contributed by atoms with E-state index in [0.29, 0.717) is 12.3 Å². The molecule has 0 aromatic rings. The lowest BCUT2D eigenvalue weighted by Gasteiger charge is -2.48. The maximum absolute atomic E-state index is 14.0. The lowest BCUT2D eigenvalue weighted by Crippen LogP contribution is -2.64. The van der Waals surface area contributed by atoms with Gasteiger partial charge < -0.3 is 61.9 Å². The third kappa shape index (κ3) is 12.5. The number of allylic oxidation sites excluding steroid dienone is 5. The molecule has 0 spiro atoms. The maximum Gasteiger partial charge on any atom is 0.309 e. The van der Waals surface area contributed by atoms with Gasteiger partial charge in [0.05, 0.1) is 43.5 Å². The summed E-state index contributed by atoms with van der Waals surface area (Å²) in [6, 6.07) is 0. The van der Waals surface area contributed by atoms with E-state index < -0.39 is 97.2 Å². The predicted octanol–water partition coefficient (Wildman–Crippen LogP) is 4.75. The molecule has 17 atom stereocenters. The fraction of sp³-hybridized carbons (Fsp3) is 0.822. The van der Waals surface area contributed by atoms with Crippen LogP contribution in [-0.4, -0.2) is 158 Å². The van der Waals surface area contributed by atoms with E-state index in [4.69, 9.17) is 56.8 Å². The van der Waals surface area contributed by atoms with Crippen molar-refractivity contribution >= 4 is 11.8 Å². The fourth-order valence-corrected chi connectivity index (χ4v) is 8.77. The van der Waals surface area contributed by atoms with E-state index in [2.05, 4.69) is 19.9 Å². The normalized spacial score (nSPS) is 41.3. The Morgan fingerprint density at radius 3 is 1.98 bits per heavy atom. The average molecular weight is 855 g/mol. The second kappa shape index (κ2) is 23.5. The Morgan fingerprint density at radius 1 is 0.717 bits per heavy atom. The minimum atomic E-state index is -0.939. The van der Waals surface area contributed by atoms with E-state index in [1.54, 1.807) is 41.6 Å². The summed E-state index contributed by atoms with van der Waals surface area (Å²) >= 11 is 0. The number of carbonyl (C=O) groups is 2. The van der Waals surface area contributed by atoms with Crippen molar-refractivity contribution < 1.29 is 71.5 Å². The Hall–Kier alpha value is -2.12. The van der Waals surface area contributed by atoms with Gasteiger partial charge >= 0.3 is 5.97 Å². The Morgan fingerprint density at radius 2 is 1.37 bits per heavy atom. The van der Waals surface area contributed by atoms with Gasteiger partial charge in [-0.2, -0.15) is 0 Å². The number of rotatable bonds is 14. The zero-order valence-electron chi connectivity index (χ0n) is 38.1. The van der Waals surface area contributed by atoms with E-state index in [9.17, 15) is 14.7 Å². The summed E-state index contributed by atoms with van der Waals surface area (Å²) < 4.78 is 73.8. The standard InChI is InChI=1S/C45H74O15/c1-25(2)18-16-14-15-17-19-35-45(6,7)34(47)20-26(3)37(50-9)30(46)21-29-22-31(27(4)32(57-29)23-36(48)59-35)58-43-41(53-12)39(33(49-8)24-55-43)60-44-42(54-13)40(52-11)38(51-10)28(5)56-44/h14-19,25-29,31-35,37-44,47H,20-24H2,1-13H3. The third-order valence-electron chi connectivity index (χ3n) is 12.6. The molecule has 0 aliphatic carbocycles. The highest BCUT2D eigenvalue weighted by Crippen LogP contribution is 2.39. The summed E-state index contributed by atoms with van der Waals surface area (Å²) in [5.74, 6) is -0.977. The summed E-state index contributed by atoms with van der Waals surface area (Å²) in [4.78, 5) is 27.9. The number of esters is 1. The summed E-state index contributed by atoms with van der Waals surface area (Å²) in [7, 11) is 9.36. The van der Waals surface area contributed by atoms with Crippen LogP contribution in [0, 0.1) is 23.2 Å². The molecule has 0 amide bonds. The highest BCUT2D eigenvalue weighted by Gasteiger charge is 2.52. The quantitative estimate of drug-likeness (QED) is 0.188. The van der Waals surface area contributed by atoms with E-state index in [1.807, 2.05) is 58.9 Å². The van der Waals surface area contributed by atoms with Gasteiger partial charge in [0, 0.05) is 66.8 Å². The summed E-state index contributed by atoms with van der Waals surface area (Å²) in [6.45, 7) is 13.7. The second-order valence-corrected chi connectivity index (χ2v) is 17.5. The number of aliphatic hydroxyl groups is 1. The molecule has 2 bridgehead atoms. The molecular formula is C45H74O15. The fourth-order valence-electron chi connectivity index (χ4n) is 8.77. The van der Waals surface area contributed by atoms with Gasteiger partial charge in [-0.1, -0.05) is 71.9 Å². The first-order chi connectivity index (χ1) is 28.5. The number of cyclic esters (lactones) is 1. The highest BCUT2D eigenvalue weighted by molar-refractivity contribution is 5.83. The van der Waals surface area contributed by atoms with E-state index >= 15 is 0 Å². The molecule has 15 heteroatoms. The van der Waals surface area contributed by atoms with Crippen molar-refractivity contribution in [3.05, 3.63) is 36.5 Å². The molecule has 344 valence electrons. The Balaban J connectivity index is 1.62. The molecule has 1 N–H and O–H groups in total. The van der Waals surface area contributed by atoms with Crippen LogP contribution in [0.15, 0.2) is 36.5 Å². The zero-order chi connectivity index (χ0) is 44.3. The SMILES string of the molecule is COC1COC(OC2CC3CC(=O)C(OC)C(C)CC(O)C(C)(C)C(C=CC=CC=CC(C)C)OC(=O)CC(O3)C2C)C(OC)C1OC1OC(C)C(OC)C(OC)C1OC. The lowest BCUT2D eigenvalue weighted by molar-refractivity contribution is -0.359. The lowest BCUT2D eigenvalue weighted by atomic mass is 9.75. The molecule has 17 unspecified atom stereocenters. The van der Waals surface area contributed by atoms with Gasteiger partial charge in [-0.25, -0.2) is 0 Å². The third-order valence-corrected chi connectivity index (χ3v) is 12.6. The molecule has 15 nitrogen and oxygen atoms in total. The zero-order valence-corrected chi connectivity index (χ0v) is 38.1. The van der Waals surface area contributed by atoms with Gasteiger partial charge in [0.2, 0.25) is 0 Å². The van der Waals surface area contributed by atoms with Gasteiger partial charge in [0.15, 0.2) is 18.4 Å². The van der Waals surface area contributed by atoms with Crippen molar-refractivity contribution in [1.82, 2.24) is 0 Å². The molecule has 4 saturated heterocycles. The Kier molecular flexibility index (Phi) is 19.8. The Bertz CT molecular complexity index is 1420. The van der Waals surface area contributed by atoms with Crippen LogP contribution in [0.4, 0.5) is 0 Å². The Labute approximate surface area is 357 Å². The first kappa shape index (κ1) is 50.5. The number of ether oxygens (including phenoxy) is 12. The van der Waals surface area contributed by atoms with E-state index in [0.717, 1.165) is 0 Å².